The molecule has 0 aliphatic rings. The number of hydrogen-bond acceptors (Lipinski definition) is 2. The first-order valence-electron chi connectivity index (χ1n) is 4.54. The predicted octanol–water partition coefficient (Wildman–Crippen LogP) is 2.54. The zero-order valence-corrected chi connectivity index (χ0v) is 8.38. The van der Waals surface area contributed by atoms with Crippen molar-refractivity contribution in [2.75, 3.05) is 0 Å². The number of nitriles is 1. The second-order valence-corrected chi connectivity index (χ2v) is 3.28. The Balaban J connectivity index is 2.63. The molecule has 0 aliphatic heterocycles. The van der Waals surface area contributed by atoms with Crippen LogP contribution in [0.25, 0.3) is 11.3 Å². The molecule has 0 saturated heterocycles. The molecule has 1 aromatic carbocycles. The Labute approximate surface area is 90.4 Å². The van der Waals surface area contributed by atoms with Gasteiger partial charge in [-0.05, 0) is 19.1 Å². The maximum Gasteiger partial charge on any atom is 0.166 e. The second-order valence-electron chi connectivity index (χ2n) is 3.28. The molecular weight excluding hydrogens is 212 g/mol. The Bertz CT molecular complexity index is 581. The second kappa shape index (κ2) is 3.74. The monoisotopic (exact) mass is 219 g/mol. The van der Waals surface area contributed by atoms with E-state index >= 15 is 0 Å². The van der Waals surface area contributed by atoms with E-state index < -0.39 is 11.6 Å². The molecule has 0 atom stereocenters. The number of imidazole rings is 1. The van der Waals surface area contributed by atoms with Crippen molar-refractivity contribution in [3.63, 3.8) is 0 Å². The molecule has 0 saturated carbocycles. The van der Waals surface area contributed by atoms with Gasteiger partial charge in [0.25, 0.3) is 0 Å². The highest BCUT2D eigenvalue weighted by Gasteiger charge is 2.14. The Morgan fingerprint density at radius 1 is 1.38 bits per heavy atom. The van der Waals surface area contributed by atoms with Gasteiger partial charge in [-0.2, -0.15) is 5.26 Å². The Hall–Kier alpha value is -2.22. The lowest BCUT2D eigenvalue weighted by molar-refractivity contribution is 0.585. The number of halogens is 2. The number of aromatic amines is 1. The predicted molar refractivity (Wildman–Crippen MR) is 53.4 cm³/mol. The minimum Gasteiger partial charge on any atom is -0.341 e. The zero-order valence-electron chi connectivity index (χ0n) is 8.38. The molecule has 16 heavy (non-hydrogen) atoms. The van der Waals surface area contributed by atoms with Gasteiger partial charge in [0, 0.05) is 11.6 Å². The fourth-order valence-electron chi connectivity index (χ4n) is 1.46. The molecule has 0 amide bonds. The fourth-order valence-corrected chi connectivity index (χ4v) is 1.46. The lowest BCUT2D eigenvalue weighted by Gasteiger charge is -2.00. The molecule has 1 N–H and O–H groups in total. The quantitative estimate of drug-likeness (QED) is 0.801. The van der Waals surface area contributed by atoms with Crippen LogP contribution >= 0.6 is 0 Å². The first-order valence-corrected chi connectivity index (χ1v) is 4.54. The summed E-state index contributed by atoms with van der Waals surface area (Å²) in [5.41, 5.74) is 0.513. The van der Waals surface area contributed by atoms with Crippen LogP contribution in [0.1, 0.15) is 11.5 Å². The summed E-state index contributed by atoms with van der Waals surface area (Å²) in [5, 5.41) is 8.81. The van der Waals surface area contributed by atoms with Crippen molar-refractivity contribution >= 4 is 0 Å². The zero-order chi connectivity index (χ0) is 11.7. The van der Waals surface area contributed by atoms with Gasteiger partial charge in [0.05, 0.1) is 5.69 Å². The number of rotatable bonds is 1. The number of nitrogens with zero attached hydrogens (tertiary/aromatic N) is 2. The van der Waals surface area contributed by atoms with Crippen LogP contribution in [-0.2, 0) is 0 Å². The molecule has 0 bridgehead atoms. The molecule has 0 unspecified atom stereocenters. The number of nitrogens with one attached hydrogen (secondary N) is 1. The number of aryl methyl sites for hydroxylation is 1. The number of hydrogen-bond donors (Lipinski definition) is 1. The summed E-state index contributed by atoms with van der Waals surface area (Å²) >= 11 is 0. The highest BCUT2D eigenvalue weighted by Crippen LogP contribution is 2.24. The van der Waals surface area contributed by atoms with Gasteiger partial charge in [0.2, 0.25) is 0 Å². The average molecular weight is 219 g/mol. The molecule has 0 spiro atoms. The normalized spacial score (nSPS) is 10.1. The van der Waals surface area contributed by atoms with E-state index in [1.54, 1.807) is 6.92 Å². The molecule has 2 aromatic rings. The highest BCUT2D eigenvalue weighted by atomic mass is 19.1. The molecular formula is C11H7F2N3. The molecule has 1 heterocycles. The molecule has 3 nitrogen and oxygen atoms in total. The third-order valence-corrected chi connectivity index (χ3v) is 2.13. The summed E-state index contributed by atoms with van der Waals surface area (Å²) in [6.45, 7) is 1.66. The SMILES string of the molecule is Cc1nc(C#N)c(-c2ccc(F)cc2F)[nH]1. The van der Waals surface area contributed by atoms with Crippen molar-refractivity contribution in [1.82, 2.24) is 9.97 Å². The van der Waals surface area contributed by atoms with E-state index in [-0.39, 0.29) is 17.0 Å². The van der Waals surface area contributed by atoms with Gasteiger partial charge >= 0.3 is 0 Å². The lowest BCUT2D eigenvalue weighted by Crippen LogP contribution is -1.89. The minimum absolute atomic E-state index is 0.100. The summed E-state index contributed by atoms with van der Waals surface area (Å²) in [4.78, 5) is 6.67. The maximum absolute atomic E-state index is 13.5. The Morgan fingerprint density at radius 3 is 2.75 bits per heavy atom. The Morgan fingerprint density at radius 2 is 2.12 bits per heavy atom. The van der Waals surface area contributed by atoms with Crippen LogP contribution in [0.3, 0.4) is 0 Å². The third kappa shape index (κ3) is 1.65. The average Bonchev–Trinajstić information content (AvgIpc) is 2.59. The molecule has 0 fully saturated rings. The summed E-state index contributed by atoms with van der Waals surface area (Å²) in [6.07, 6.45) is 0. The van der Waals surface area contributed by atoms with Crippen LogP contribution in [0.5, 0.6) is 0 Å². The van der Waals surface area contributed by atoms with Crippen LogP contribution in [0, 0.1) is 29.9 Å². The standard InChI is InChI=1S/C11H7F2N3/c1-6-15-10(5-14)11(16-6)8-3-2-7(12)4-9(8)13/h2-4H,1H3,(H,15,16). The van der Waals surface area contributed by atoms with Crippen molar-refractivity contribution in [3.05, 3.63) is 41.4 Å². The first kappa shape index (κ1) is 10.3. The molecule has 5 heteroatoms. The molecule has 0 radical (unpaired) electrons. The van der Waals surface area contributed by atoms with Gasteiger partial charge in [-0.3, -0.25) is 0 Å². The van der Waals surface area contributed by atoms with E-state index in [9.17, 15) is 8.78 Å². The largest absolute Gasteiger partial charge is 0.341 e. The number of benzene rings is 1. The van der Waals surface area contributed by atoms with Crippen molar-refractivity contribution in [2.24, 2.45) is 0 Å². The summed E-state index contributed by atoms with van der Waals surface area (Å²) in [7, 11) is 0. The molecule has 80 valence electrons. The first-order chi connectivity index (χ1) is 7.61. The maximum atomic E-state index is 13.5. The van der Waals surface area contributed by atoms with Crippen molar-refractivity contribution in [2.45, 2.75) is 6.92 Å². The third-order valence-electron chi connectivity index (χ3n) is 2.13. The molecule has 2 rings (SSSR count). The topological polar surface area (TPSA) is 52.5 Å². The van der Waals surface area contributed by atoms with Crippen LogP contribution in [0.2, 0.25) is 0 Å². The van der Waals surface area contributed by atoms with Crippen LogP contribution in [0.15, 0.2) is 18.2 Å². The van der Waals surface area contributed by atoms with E-state index in [1.165, 1.54) is 6.07 Å². The van der Waals surface area contributed by atoms with Gasteiger partial charge in [0.15, 0.2) is 5.69 Å². The van der Waals surface area contributed by atoms with E-state index in [4.69, 9.17) is 5.26 Å². The smallest absolute Gasteiger partial charge is 0.166 e. The van der Waals surface area contributed by atoms with Gasteiger partial charge < -0.3 is 4.98 Å². The minimum atomic E-state index is -0.722. The van der Waals surface area contributed by atoms with E-state index in [0.29, 0.717) is 5.82 Å². The van der Waals surface area contributed by atoms with Crippen LogP contribution < -0.4 is 0 Å². The van der Waals surface area contributed by atoms with E-state index in [2.05, 4.69) is 9.97 Å². The van der Waals surface area contributed by atoms with Crippen LogP contribution in [-0.4, -0.2) is 9.97 Å². The summed E-state index contributed by atoms with van der Waals surface area (Å²) < 4.78 is 26.2. The van der Waals surface area contributed by atoms with Crippen molar-refractivity contribution < 1.29 is 8.78 Å². The number of aromatic nitrogens is 2. The van der Waals surface area contributed by atoms with Gasteiger partial charge in [0.1, 0.15) is 23.5 Å². The van der Waals surface area contributed by atoms with Gasteiger partial charge in [-0.1, -0.05) is 0 Å². The van der Waals surface area contributed by atoms with Crippen molar-refractivity contribution in [3.8, 4) is 17.3 Å². The fraction of sp³-hybridized carbons (Fsp3) is 0.0909. The lowest BCUT2D eigenvalue weighted by atomic mass is 10.1. The van der Waals surface area contributed by atoms with Gasteiger partial charge in [-0.25, -0.2) is 13.8 Å². The Kier molecular flexibility index (Phi) is 2.41. The highest BCUT2D eigenvalue weighted by molar-refractivity contribution is 5.65. The van der Waals surface area contributed by atoms with E-state index in [1.807, 2.05) is 6.07 Å². The van der Waals surface area contributed by atoms with Crippen molar-refractivity contribution in [1.29, 1.82) is 5.26 Å². The van der Waals surface area contributed by atoms with E-state index in [0.717, 1.165) is 12.1 Å². The molecule has 0 aliphatic carbocycles. The summed E-state index contributed by atoms with van der Waals surface area (Å²) in [5.74, 6) is -0.869. The molecule has 1 aromatic heterocycles. The number of H-pyrrole nitrogens is 1. The van der Waals surface area contributed by atoms with Gasteiger partial charge in [-0.15, -0.1) is 0 Å². The summed E-state index contributed by atoms with van der Waals surface area (Å²) in [6, 6.07) is 5.04. The van der Waals surface area contributed by atoms with Crippen LogP contribution in [0.4, 0.5) is 8.78 Å².